The van der Waals surface area contributed by atoms with Crippen molar-refractivity contribution >= 4 is 28.7 Å². The molecule has 0 saturated carbocycles. The molecule has 112 valence electrons. The summed E-state index contributed by atoms with van der Waals surface area (Å²) in [5.41, 5.74) is 11.8. The molecule has 21 heavy (non-hydrogen) atoms. The minimum absolute atomic E-state index is 0.0195. The molecule has 0 unspecified atom stereocenters. The smallest absolute Gasteiger partial charge is 0.169 e. The molecule has 0 amide bonds. The summed E-state index contributed by atoms with van der Waals surface area (Å²) in [6, 6.07) is 4.55. The van der Waals surface area contributed by atoms with Gasteiger partial charge in [-0.2, -0.15) is 0 Å². The van der Waals surface area contributed by atoms with Gasteiger partial charge in [0.25, 0.3) is 0 Å². The maximum Gasteiger partial charge on any atom is 0.169 e. The summed E-state index contributed by atoms with van der Waals surface area (Å²) in [7, 11) is 0. The van der Waals surface area contributed by atoms with Crippen LogP contribution in [0.5, 0.6) is 0 Å². The highest BCUT2D eigenvalue weighted by Gasteiger charge is 2.13. The average Bonchev–Trinajstić information content (AvgIpc) is 2.39. The van der Waals surface area contributed by atoms with Gasteiger partial charge in [-0.05, 0) is 30.2 Å². The Balaban J connectivity index is 2.09. The first-order valence-electron chi connectivity index (χ1n) is 6.10. The van der Waals surface area contributed by atoms with Crippen LogP contribution in [0.1, 0.15) is 5.56 Å². The van der Waals surface area contributed by atoms with Gasteiger partial charge in [0.1, 0.15) is 16.7 Å². The Morgan fingerprint density at radius 2 is 1.57 bits per heavy atom. The lowest BCUT2D eigenvalue weighted by atomic mass is 10.1. The highest BCUT2D eigenvalue weighted by atomic mass is 35.5. The maximum atomic E-state index is 13.9. The molecule has 0 heterocycles. The molecule has 0 aliphatic rings. The number of benzene rings is 2. The minimum Gasteiger partial charge on any atom is -0.397 e. The molecule has 5 N–H and O–H groups in total. The Morgan fingerprint density at radius 1 is 0.952 bits per heavy atom. The maximum absolute atomic E-state index is 13.9. The summed E-state index contributed by atoms with van der Waals surface area (Å²) in [5, 5.41) is 2.53. The number of nitrogens with one attached hydrogen (secondary N) is 1. The van der Waals surface area contributed by atoms with Crippen LogP contribution in [-0.4, -0.2) is 6.54 Å². The van der Waals surface area contributed by atoms with Gasteiger partial charge in [-0.3, -0.25) is 0 Å². The van der Waals surface area contributed by atoms with Gasteiger partial charge in [0.05, 0.1) is 17.1 Å². The van der Waals surface area contributed by atoms with Crippen molar-refractivity contribution in [3.63, 3.8) is 0 Å². The van der Waals surface area contributed by atoms with Crippen LogP contribution in [0.2, 0.25) is 5.02 Å². The second kappa shape index (κ2) is 6.13. The highest BCUT2D eigenvalue weighted by molar-refractivity contribution is 6.33. The number of hydrogen-bond acceptors (Lipinski definition) is 3. The van der Waals surface area contributed by atoms with Crippen LogP contribution in [0.25, 0.3) is 0 Å². The molecule has 2 rings (SSSR count). The molecular weight excluding hydrogens is 303 g/mol. The van der Waals surface area contributed by atoms with E-state index in [0.717, 1.165) is 6.07 Å². The van der Waals surface area contributed by atoms with Crippen LogP contribution in [-0.2, 0) is 6.42 Å². The molecule has 0 aromatic heterocycles. The molecule has 0 bridgehead atoms. The zero-order chi connectivity index (χ0) is 15.6. The fraction of sp³-hybridized carbons (Fsp3) is 0.143. The quantitative estimate of drug-likeness (QED) is 0.756. The van der Waals surface area contributed by atoms with Crippen molar-refractivity contribution in [3.8, 4) is 0 Å². The van der Waals surface area contributed by atoms with Gasteiger partial charge in [0.15, 0.2) is 5.82 Å². The number of nitrogen functional groups attached to an aromatic ring is 2. The molecular formula is C14H13ClF3N3. The summed E-state index contributed by atoms with van der Waals surface area (Å²) in [5.74, 6) is -2.07. The predicted molar refractivity (Wildman–Crippen MR) is 78.8 cm³/mol. The van der Waals surface area contributed by atoms with Crippen molar-refractivity contribution in [2.75, 3.05) is 23.3 Å². The highest BCUT2D eigenvalue weighted by Crippen LogP contribution is 2.33. The molecule has 0 radical (unpaired) electrons. The van der Waals surface area contributed by atoms with Gasteiger partial charge in [-0.25, -0.2) is 13.2 Å². The summed E-state index contributed by atoms with van der Waals surface area (Å²) >= 11 is 5.70. The predicted octanol–water partition coefficient (Wildman–Crippen LogP) is 3.58. The van der Waals surface area contributed by atoms with Gasteiger partial charge in [0.2, 0.25) is 0 Å². The molecule has 0 aliphatic carbocycles. The summed E-state index contributed by atoms with van der Waals surface area (Å²) in [6.07, 6.45) is 0.287. The Bertz CT molecular complexity index is 657. The number of halogens is 4. The first-order chi connectivity index (χ1) is 9.88. The Morgan fingerprint density at radius 3 is 2.19 bits per heavy atom. The van der Waals surface area contributed by atoms with E-state index in [1.54, 1.807) is 0 Å². The number of rotatable bonds is 4. The Kier molecular flexibility index (Phi) is 4.47. The molecule has 2 aromatic carbocycles. The largest absolute Gasteiger partial charge is 0.397 e. The zero-order valence-corrected chi connectivity index (χ0v) is 11.6. The number of anilines is 3. The molecule has 0 atom stereocenters. The van der Waals surface area contributed by atoms with Gasteiger partial charge >= 0.3 is 0 Å². The van der Waals surface area contributed by atoms with E-state index >= 15 is 0 Å². The normalized spacial score (nSPS) is 10.7. The van der Waals surface area contributed by atoms with Gasteiger partial charge in [-0.15, -0.1) is 0 Å². The van der Waals surface area contributed by atoms with E-state index in [1.165, 1.54) is 18.2 Å². The minimum atomic E-state index is -0.750. The molecule has 2 aromatic rings. The first kappa shape index (κ1) is 15.3. The van der Waals surface area contributed by atoms with E-state index in [0.29, 0.717) is 5.56 Å². The Labute approximate surface area is 124 Å². The van der Waals surface area contributed by atoms with Crippen molar-refractivity contribution in [1.82, 2.24) is 0 Å². The van der Waals surface area contributed by atoms with E-state index in [2.05, 4.69) is 5.32 Å². The van der Waals surface area contributed by atoms with Crippen LogP contribution >= 0.6 is 11.6 Å². The second-order valence-electron chi connectivity index (χ2n) is 4.51. The van der Waals surface area contributed by atoms with Crippen LogP contribution in [0.15, 0.2) is 24.3 Å². The molecule has 3 nitrogen and oxygen atoms in total. The fourth-order valence-electron chi connectivity index (χ4n) is 1.93. The van der Waals surface area contributed by atoms with E-state index < -0.39 is 17.5 Å². The summed E-state index contributed by atoms with van der Waals surface area (Å²) in [4.78, 5) is 0. The third-order valence-corrected chi connectivity index (χ3v) is 3.29. The van der Waals surface area contributed by atoms with E-state index in [-0.39, 0.29) is 35.1 Å². The zero-order valence-electron chi connectivity index (χ0n) is 10.9. The van der Waals surface area contributed by atoms with Crippen molar-refractivity contribution in [3.05, 3.63) is 52.3 Å². The van der Waals surface area contributed by atoms with E-state index in [4.69, 9.17) is 23.1 Å². The van der Waals surface area contributed by atoms with Crippen LogP contribution in [0.3, 0.4) is 0 Å². The van der Waals surface area contributed by atoms with Crippen molar-refractivity contribution < 1.29 is 13.2 Å². The topological polar surface area (TPSA) is 64.1 Å². The SMILES string of the molecule is Nc1cc(N)c(NCCc2cc(F)cc(F)c2)c(F)c1Cl. The lowest BCUT2D eigenvalue weighted by Gasteiger charge is -2.13. The van der Waals surface area contributed by atoms with Crippen LogP contribution in [0.4, 0.5) is 30.2 Å². The van der Waals surface area contributed by atoms with Gasteiger partial charge < -0.3 is 16.8 Å². The molecule has 0 aliphatic heterocycles. The second-order valence-corrected chi connectivity index (χ2v) is 4.89. The standard InChI is InChI=1S/C14H13ClF3N3/c15-12-10(19)6-11(20)14(13(12)18)21-2-1-7-3-8(16)5-9(17)4-7/h3-6,21H,1-2,19-20H2. The molecule has 0 fully saturated rings. The first-order valence-corrected chi connectivity index (χ1v) is 6.48. The summed E-state index contributed by atoms with van der Waals surface area (Å²) in [6.45, 7) is 0.226. The monoisotopic (exact) mass is 315 g/mol. The lowest BCUT2D eigenvalue weighted by molar-refractivity contribution is 0.579. The van der Waals surface area contributed by atoms with Gasteiger partial charge in [-0.1, -0.05) is 11.6 Å². The van der Waals surface area contributed by atoms with E-state index in [1.807, 2.05) is 0 Å². The van der Waals surface area contributed by atoms with Crippen LogP contribution < -0.4 is 16.8 Å². The third-order valence-electron chi connectivity index (χ3n) is 2.90. The van der Waals surface area contributed by atoms with Crippen molar-refractivity contribution in [2.45, 2.75) is 6.42 Å². The fourth-order valence-corrected chi connectivity index (χ4v) is 2.08. The molecule has 0 saturated heterocycles. The van der Waals surface area contributed by atoms with E-state index in [9.17, 15) is 13.2 Å². The third kappa shape index (κ3) is 3.52. The van der Waals surface area contributed by atoms with Gasteiger partial charge in [0, 0.05) is 12.6 Å². The summed E-state index contributed by atoms with van der Waals surface area (Å²) < 4.78 is 40.0. The van der Waals surface area contributed by atoms with Crippen molar-refractivity contribution in [1.29, 1.82) is 0 Å². The Hall–Kier alpha value is -2.08. The average molecular weight is 316 g/mol. The number of nitrogens with two attached hydrogens (primary N) is 2. The molecule has 0 spiro atoms. The van der Waals surface area contributed by atoms with Crippen molar-refractivity contribution in [2.24, 2.45) is 0 Å². The number of hydrogen-bond donors (Lipinski definition) is 3. The molecule has 7 heteroatoms. The van der Waals surface area contributed by atoms with Crippen LogP contribution in [0, 0.1) is 17.5 Å². The lowest BCUT2D eigenvalue weighted by Crippen LogP contribution is -2.10.